The molecule has 2 aliphatic heterocycles. The van der Waals surface area contributed by atoms with Crippen LogP contribution in [0, 0.1) is 0 Å². The lowest BCUT2D eigenvalue weighted by atomic mass is 10.1. The van der Waals surface area contributed by atoms with Crippen molar-refractivity contribution < 1.29 is 9.59 Å². The number of fused-ring (bicyclic) bond motifs is 1. The lowest BCUT2D eigenvalue weighted by Crippen LogP contribution is -2.22. The largest absolute Gasteiger partial charge is 0.340 e. The van der Waals surface area contributed by atoms with E-state index in [9.17, 15) is 9.59 Å². The number of nitrogens with zero attached hydrogens (tertiary/aromatic N) is 4. The first-order chi connectivity index (χ1) is 22.1. The fourth-order valence-electron chi connectivity index (χ4n) is 6.23. The smallest absolute Gasteiger partial charge is 0.224 e. The van der Waals surface area contributed by atoms with E-state index >= 15 is 0 Å². The third-order valence-electron chi connectivity index (χ3n) is 8.63. The van der Waals surface area contributed by atoms with Gasteiger partial charge in [0, 0.05) is 35.2 Å². The average Bonchev–Trinajstić information content (AvgIpc) is 3.77. The molecule has 0 saturated carbocycles. The Morgan fingerprint density at radius 3 is 1.91 bits per heavy atom. The van der Waals surface area contributed by atoms with Gasteiger partial charge in [-0.2, -0.15) is 0 Å². The number of rotatable bonds is 13. The zero-order valence-electron chi connectivity index (χ0n) is 25.9. The van der Waals surface area contributed by atoms with Crippen molar-refractivity contribution in [1.82, 2.24) is 19.8 Å². The maximum atomic E-state index is 12.9. The van der Waals surface area contributed by atoms with Crippen LogP contribution < -0.4 is 16.0 Å². The SMILES string of the molecule is O=C(CCCN1CCCC1)Nc1ccc(Nc2nc(-c3ccccc3NC(=O)CCCN3CCCC3)nc3ccccc23)cc1. The van der Waals surface area contributed by atoms with Gasteiger partial charge in [-0.25, -0.2) is 9.97 Å². The van der Waals surface area contributed by atoms with E-state index in [1.165, 1.54) is 25.7 Å². The van der Waals surface area contributed by atoms with Gasteiger partial charge in [0.15, 0.2) is 5.82 Å². The van der Waals surface area contributed by atoms with Gasteiger partial charge in [0.2, 0.25) is 11.8 Å². The zero-order chi connectivity index (χ0) is 30.8. The molecule has 0 spiro atoms. The Bertz CT molecular complexity index is 1600. The fraction of sp³-hybridized carbons (Fsp3) is 0.389. The molecule has 0 atom stereocenters. The quantitative estimate of drug-likeness (QED) is 0.156. The summed E-state index contributed by atoms with van der Waals surface area (Å²) in [5, 5.41) is 10.5. The molecule has 2 amide bonds. The Labute approximate surface area is 265 Å². The first kappa shape index (κ1) is 30.7. The lowest BCUT2D eigenvalue weighted by molar-refractivity contribution is -0.117. The van der Waals surface area contributed by atoms with E-state index in [0.717, 1.165) is 80.0 Å². The van der Waals surface area contributed by atoms with E-state index in [4.69, 9.17) is 9.97 Å². The first-order valence-corrected chi connectivity index (χ1v) is 16.4. The average molecular weight is 606 g/mol. The molecule has 6 rings (SSSR count). The van der Waals surface area contributed by atoms with Crippen molar-refractivity contribution in [3.8, 4) is 11.4 Å². The minimum Gasteiger partial charge on any atom is -0.340 e. The Hall–Kier alpha value is -4.34. The summed E-state index contributed by atoms with van der Waals surface area (Å²) in [7, 11) is 0. The zero-order valence-corrected chi connectivity index (χ0v) is 25.9. The van der Waals surface area contributed by atoms with Gasteiger partial charge >= 0.3 is 0 Å². The van der Waals surface area contributed by atoms with Gasteiger partial charge in [-0.05, 0) is 126 Å². The lowest BCUT2D eigenvalue weighted by Gasteiger charge is -2.15. The van der Waals surface area contributed by atoms with Crippen molar-refractivity contribution in [3.63, 3.8) is 0 Å². The number of nitrogens with one attached hydrogen (secondary N) is 3. The molecule has 3 N–H and O–H groups in total. The van der Waals surface area contributed by atoms with E-state index in [1.807, 2.05) is 72.8 Å². The fourth-order valence-corrected chi connectivity index (χ4v) is 6.23. The predicted octanol–water partition coefficient (Wildman–Crippen LogP) is 6.67. The van der Waals surface area contributed by atoms with Gasteiger partial charge in [-0.3, -0.25) is 9.59 Å². The molecule has 0 radical (unpaired) electrons. The van der Waals surface area contributed by atoms with Crippen molar-refractivity contribution >= 4 is 45.6 Å². The molecule has 2 aliphatic rings. The molecular weight excluding hydrogens is 562 g/mol. The van der Waals surface area contributed by atoms with Crippen molar-refractivity contribution in [1.29, 1.82) is 0 Å². The summed E-state index contributed by atoms with van der Waals surface area (Å²) in [6.07, 6.45) is 7.76. The predicted molar refractivity (Wildman–Crippen MR) is 182 cm³/mol. The number of para-hydroxylation sites is 2. The highest BCUT2D eigenvalue weighted by Crippen LogP contribution is 2.31. The van der Waals surface area contributed by atoms with Gasteiger partial charge in [0.25, 0.3) is 0 Å². The molecule has 9 nitrogen and oxygen atoms in total. The maximum Gasteiger partial charge on any atom is 0.224 e. The summed E-state index contributed by atoms with van der Waals surface area (Å²) in [6, 6.07) is 23.3. The molecule has 0 bridgehead atoms. The van der Waals surface area contributed by atoms with Crippen LogP contribution in [0.2, 0.25) is 0 Å². The van der Waals surface area contributed by atoms with Gasteiger partial charge in [0.1, 0.15) is 5.82 Å². The summed E-state index contributed by atoms with van der Waals surface area (Å²) >= 11 is 0. The molecule has 45 heavy (non-hydrogen) atoms. The van der Waals surface area contributed by atoms with E-state index in [0.29, 0.717) is 30.2 Å². The van der Waals surface area contributed by atoms with Crippen LogP contribution in [0.1, 0.15) is 51.4 Å². The number of hydrogen-bond donors (Lipinski definition) is 3. The van der Waals surface area contributed by atoms with Gasteiger partial charge in [-0.15, -0.1) is 0 Å². The summed E-state index contributed by atoms with van der Waals surface area (Å²) in [5.41, 5.74) is 3.88. The van der Waals surface area contributed by atoms with Gasteiger partial charge in [-0.1, -0.05) is 24.3 Å². The molecule has 0 aliphatic carbocycles. The minimum atomic E-state index is -0.000410. The molecular formula is C36H43N7O2. The van der Waals surface area contributed by atoms with Crippen LogP contribution in [0.15, 0.2) is 72.8 Å². The van der Waals surface area contributed by atoms with Crippen molar-refractivity contribution in [2.75, 3.05) is 55.2 Å². The second kappa shape index (κ2) is 15.1. The van der Waals surface area contributed by atoms with Crippen LogP contribution >= 0.6 is 0 Å². The highest BCUT2D eigenvalue weighted by atomic mass is 16.2. The Morgan fingerprint density at radius 1 is 0.644 bits per heavy atom. The number of hydrogen-bond acceptors (Lipinski definition) is 7. The third kappa shape index (κ3) is 8.44. The summed E-state index contributed by atoms with van der Waals surface area (Å²) in [5.74, 6) is 1.24. The second-order valence-electron chi connectivity index (χ2n) is 12.1. The van der Waals surface area contributed by atoms with E-state index < -0.39 is 0 Å². The van der Waals surface area contributed by atoms with Crippen LogP contribution in [0.5, 0.6) is 0 Å². The number of carbonyl (C=O) groups excluding carboxylic acids is 2. The number of anilines is 4. The van der Waals surface area contributed by atoms with Crippen LogP contribution in [-0.2, 0) is 9.59 Å². The normalized spacial score (nSPS) is 15.4. The molecule has 2 saturated heterocycles. The van der Waals surface area contributed by atoms with E-state index in [1.54, 1.807) is 0 Å². The van der Waals surface area contributed by atoms with Crippen molar-refractivity contribution in [2.45, 2.75) is 51.4 Å². The number of carbonyl (C=O) groups is 2. The summed E-state index contributed by atoms with van der Waals surface area (Å²) in [4.78, 5) is 40.0. The monoisotopic (exact) mass is 605 g/mol. The highest BCUT2D eigenvalue weighted by molar-refractivity contribution is 5.97. The minimum absolute atomic E-state index is 0.000410. The maximum absolute atomic E-state index is 12.9. The summed E-state index contributed by atoms with van der Waals surface area (Å²) in [6.45, 7) is 6.54. The second-order valence-corrected chi connectivity index (χ2v) is 12.1. The first-order valence-electron chi connectivity index (χ1n) is 16.4. The van der Waals surface area contributed by atoms with Crippen LogP contribution in [0.4, 0.5) is 22.9 Å². The Balaban J connectivity index is 1.12. The number of likely N-dealkylation sites (tertiary alicyclic amines) is 2. The van der Waals surface area contributed by atoms with Crippen LogP contribution in [0.3, 0.4) is 0 Å². The Kier molecular flexibility index (Phi) is 10.3. The molecule has 2 fully saturated rings. The Morgan fingerprint density at radius 2 is 1.22 bits per heavy atom. The van der Waals surface area contributed by atoms with Crippen LogP contribution in [-0.4, -0.2) is 70.9 Å². The van der Waals surface area contributed by atoms with Gasteiger partial charge in [0.05, 0.1) is 11.2 Å². The van der Waals surface area contributed by atoms with Crippen molar-refractivity contribution in [3.05, 3.63) is 72.8 Å². The topological polar surface area (TPSA) is 102 Å². The molecule has 9 heteroatoms. The number of amides is 2. The highest BCUT2D eigenvalue weighted by Gasteiger charge is 2.16. The molecule has 4 aromatic rings. The molecule has 1 aromatic heterocycles. The molecule has 0 unspecified atom stereocenters. The third-order valence-corrected chi connectivity index (χ3v) is 8.63. The van der Waals surface area contributed by atoms with E-state index in [-0.39, 0.29) is 11.8 Å². The van der Waals surface area contributed by atoms with Crippen molar-refractivity contribution in [2.24, 2.45) is 0 Å². The number of aromatic nitrogens is 2. The van der Waals surface area contributed by atoms with E-state index in [2.05, 4.69) is 25.8 Å². The molecule has 3 heterocycles. The summed E-state index contributed by atoms with van der Waals surface area (Å²) < 4.78 is 0. The standard InChI is InChI=1S/C36H43N7O2/c44-33(15-9-25-42-21-5-6-22-42)37-27-17-19-28(20-18-27)38-35-30-12-2-4-14-32(30)40-36(41-35)29-11-1-3-13-31(29)39-34(45)16-10-26-43-23-7-8-24-43/h1-4,11-14,17-20H,5-10,15-16,21-26H2,(H,37,44)(H,39,45)(H,38,40,41). The van der Waals surface area contributed by atoms with Crippen LogP contribution in [0.25, 0.3) is 22.3 Å². The number of benzene rings is 3. The molecule has 234 valence electrons. The molecule has 3 aromatic carbocycles. The van der Waals surface area contributed by atoms with Gasteiger partial charge < -0.3 is 25.8 Å².